The van der Waals surface area contributed by atoms with Gasteiger partial charge in [-0.2, -0.15) is 0 Å². The second kappa shape index (κ2) is 5.82. The van der Waals surface area contributed by atoms with Crippen LogP contribution in [0.2, 0.25) is 0 Å². The van der Waals surface area contributed by atoms with Crippen molar-refractivity contribution in [1.82, 2.24) is 4.90 Å². The van der Waals surface area contributed by atoms with Gasteiger partial charge in [0.05, 0.1) is 23.9 Å². The van der Waals surface area contributed by atoms with Crippen LogP contribution in [0.3, 0.4) is 0 Å². The van der Waals surface area contributed by atoms with Crippen LogP contribution in [0.25, 0.3) is 0 Å². The number of piperidine rings is 1. The number of anilines is 1. The van der Waals surface area contributed by atoms with Gasteiger partial charge in [0.1, 0.15) is 5.76 Å². The number of benzene rings is 1. The monoisotopic (exact) mass is 324 g/mol. The Bertz CT molecular complexity index is 768. The van der Waals surface area contributed by atoms with Crippen molar-refractivity contribution >= 4 is 17.5 Å². The molecule has 0 saturated carbocycles. The summed E-state index contributed by atoms with van der Waals surface area (Å²) in [5, 5.41) is 0. The number of carbonyl (C=O) groups excluding carboxylic acids is 2. The molecule has 5 heteroatoms. The Hall–Kier alpha value is -2.56. The highest BCUT2D eigenvalue weighted by Gasteiger charge is 2.45. The number of rotatable bonds is 2. The third-order valence-electron chi connectivity index (χ3n) is 5.15. The topological polar surface area (TPSA) is 53.8 Å². The number of aryl methyl sites for hydroxylation is 1. The quantitative estimate of drug-likeness (QED) is 0.853. The number of para-hydroxylation sites is 1. The number of fused-ring (bicyclic) bond motifs is 1. The number of hydrogen-bond acceptors (Lipinski definition) is 3. The van der Waals surface area contributed by atoms with E-state index in [0.717, 1.165) is 18.5 Å². The van der Waals surface area contributed by atoms with Gasteiger partial charge in [-0.1, -0.05) is 18.2 Å². The van der Waals surface area contributed by atoms with Crippen molar-refractivity contribution in [2.75, 3.05) is 11.4 Å². The minimum Gasteiger partial charge on any atom is -0.469 e. The van der Waals surface area contributed by atoms with Crippen molar-refractivity contribution in [2.45, 2.75) is 38.3 Å². The lowest BCUT2D eigenvalue weighted by atomic mass is 9.95. The zero-order chi connectivity index (χ0) is 16.7. The number of amides is 2. The van der Waals surface area contributed by atoms with Crippen LogP contribution in [0.4, 0.5) is 5.69 Å². The summed E-state index contributed by atoms with van der Waals surface area (Å²) in [5.41, 5.74) is 1.55. The van der Waals surface area contributed by atoms with Crippen molar-refractivity contribution < 1.29 is 14.0 Å². The molecule has 2 amide bonds. The van der Waals surface area contributed by atoms with Gasteiger partial charge in [-0.15, -0.1) is 0 Å². The third kappa shape index (κ3) is 2.31. The van der Waals surface area contributed by atoms with Crippen molar-refractivity contribution in [1.29, 1.82) is 0 Å². The predicted molar refractivity (Wildman–Crippen MR) is 89.8 cm³/mol. The van der Waals surface area contributed by atoms with Gasteiger partial charge in [0.2, 0.25) is 5.91 Å². The highest BCUT2D eigenvalue weighted by molar-refractivity contribution is 5.98. The number of hydrogen-bond donors (Lipinski definition) is 0. The molecular weight excluding hydrogens is 304 g/mol. The second-order valence-corrected chi connectivity index (χ2v) is 6.45. The van der Waals surface area contributed by atoms with E-state index in [-0.39, 0.29) is 23.9 Å². The molecular formula is C19H20N2O3. The van der Waals surface area contributed by atoms with Crippen molar-refractivity contribution in [2.24, 2.45) is 0 Å². The maximum absolute atomic E-state index is 12.9. The smallest absolute Gasteiger partial charge is 0.257 e. The van der Waals surface area contributed by atoms with Crippen LogP contribution < -0.4 is 4.90 Å². The van der Waals surface area contributed by atoms with Gasteiger partial charge in [-0.25, -0.2) is 0 Å². The molecule has 2 aromatic rings. The summed E-state index contributed by atoms with van der Waals surface area (Å²) in [7, 11) is 0. The fourth-order valence-electron chi connectivity index (χ4n) is 4.00. The molecule has 2 fully saturated rings. The molecule has 2 saturated heterocycles. The summed E-state index contributed by atoms with van der Waals surface area (Å²) in [6.45, 7) is 2.48. The zero-order valence-corrected chi connectivity index (χ0v) is 13.6. The molecule has 5 nitrogen and oxygen atoms in total. The van der Waals surface area contributed by atoms with E-state index >= 15 is 0 Å². The summed E-state index contributed by atoms with van der Waals surface area (Å²) in [4.78, 5) is 29.2. The Morgan fingerprint density at radius 2 is 1.92 bits per heavy atom. The molecule has 0 radical (unpaired) electrons. The van der Waals surface area contributed by atoms with Gasteiger partial charge in [0.25, 0.3) is 5.91 Å². The Balaban J connectivity index is 1.62. The average molecular weight is 324 g/mol. The molecule has 0 bridgehead atoms. The lowest BCUT2D eigenvalue weighted by Crippen LogP contribution is -2.53. The molecule has 0 spiro atoms. The van der Waals surface area contributed by atoms with E-state index in [4.69, 9.17) is 4.42 Å². The van der Waals surface area contributed by atoms with Gasteiger partial charge in [0, 0.05) is 18.7 Å². The molecule has 124 valence electrons. The molecule has 2 aliphatic heterocycles. The van der Waals surface area contributed by atoms with Gasteiger partial charge in [-0.05, 0) is 38.0 Å². The number of nitrogens with zero attached hydrogens (tertiary/aromatic N) is 2. The van der Waals surface area contributed by atoms with E-state index in [1.165, 1.54) is 0 Å². The zero-order valence-electron chi connectivity index (χ0n) is 13.6. The molecule has 1 aromatic carbocycles. The number of furan rings is 1. The van der Waals surface area contributed by atoms with Crippen LogP contribution >= 0.6 is 0 Å². The summed E-state index contributed by atoms with van der Waals surface area (Å²) < 4.78 is 5.28. The molecule has 0 unspecified atom stereocenters. The van der Waals surface area contributed by atoms with Crippen LogP contribution in [-0.2, 0) is 4.79 Å². The van der Waals surface area contributed by atoms with Gasteiger partial charge in [0.15, 0.2) is 0 Å². The fraction of sp³-hybridized carbons (Fsp3) is 0.368. The SMILES string of the molecule is Cc1occc1C(=O)N1CC[C@H]2[C@@H]1CCC(=O)N2c1ccccc1. The second-order valence-electron chi connectivity index (χ2n) is 6.45. The fourth-order valence-corrected chi connectivity index (χ4v) is 4.00. The summed E-state index contributed by atoms with van der Waals surface area (Å²) in [5.74, 6) is 0.808. The summed E-state index contributed by atoms with van der Waals surface area (Å²) >= 11 is 0. The van der Waals surface area contributed by atoms with Crippen LogP contribution in [0.5, 0.6) is 0 Å². The highest BCUT2D eigenvalue weighted by atomic mass is 16.3. The predicted octanol–water partition coefficient (Wildman–Crippen LogP) is 3.00. The van der Waals surface area contributed by atoms with Gasteiger partial charge >= 0.3 is 0 Å². The van der Waals surface area contributed by atoms with Crippen LogP contribution in [-0.4, -0.2) is 35.3 Å². The van der Waals surface area contributed by atoms with E-state index in [0.29, 0.717) is 24.3 Å². The molecule has 2 atom stereocenters. The maximum Gasteiger partial charge on any atom is 0.257 e. The normalized spacial score (nSPS) is 23.5. The number of likely N-dealkylation sites (tertiary alicyclic amines) is 1. The van der Waals surface area contributed by atoms with Crippen LogP contribution in [0, 0.1) is 6.92 Å². The molecule has 2 aliphatic rings. The standard InChI is InChI=1S/C19H20N2O3/c1-13-15(10-12-24-13)19(23)20-11-9-17-16(20)7-8-18(22)21(17)14-5-3-2-4-6-14/h2-6,10,12,16-17H,7-9,11H2,1H3/t16-,17-/m0/s1. The van der Waals surface area contributed by atoms with E-state index < -0.39 is 0 Å². The lowest BCUT2D eigenvalue weighted by molar-refractivity contribution is -0.120. The van der Waals surface area contributed by atoms with E-state index in [1.54, 1.807) is 12.3 Å². The Morgan fingerprint density at radius 3 is 2.62 bits per heavy atom. The van der Waals surface area contributed by atoms with E-state index in [9.17, 15) is 9.59 Å². The van der Waals surface area contributed by atoms with E-state index in [1.807, 2.05) is 47.1 Å². The molecule has 24 heavy (non-hydrogen) atoms. The van der Waals surface area contributed by atoms with E-state index in [2.05, 4.69) is 0 Å². The van der Waals surface area contributed by atoms with Crippen molar-refractivity contribution in [3.63, 3.8) is 0 Å². The minimum atomic E-state index is 0.0103. The van der Waals surface area contributed by atoms with Gasteiger partial charge < -0.3 is 14.2 Å². The van der Waals surface area contributed by atoms with Crippen molar-refractivity contribution in [3.8, 4) is 0 Å². The van der Waals surface area contributed by atoms with Gasteiger partial charge in [-0.3, -0.25) is 9.59 Å². The first kappa shape index (κ1) is 15.0. The Morgan fingerprint density at radius 1 is 1.12 bits per heavy atom. The number of carbonyl (C=O) groups is 2. The van der Waals surface area contributed by atoms with Crippen LogP contribution in [0.15, 0.2) is 47.1 Å². The minimum absolute atomic E-state index is 0.0103. The molecule has 0 N–H and O–H groups in total. The Kier molecular flexibility index (Phi) is 3.63. The first-order valence-electron chi connectivity index (χ1n) is 8.39. The van der Waals surface area contributed by atoms with Crippen LogP contribution in [0.1, 0.15) is 35.4 Å². The summed E-state index contributed by atoms with van der Waals surface area (Å²) in [6, 6.07) is 11.6. The first-order chi connectivity index (χ1) is 11.7. The highest BCUT2D eigenvalue weighted by Crippen LogP contribution is 2.35. The first-order valence-corrected chi connectivity index (χ1v) is 8.39. The molecule has 0 aliphatic carbocycles. The molecule has 4 rings (SSSR count). The molecule has 3 heterocycles. The summed E-state index contributed by atoms with van der Waals surface area (Å²) in [6.07, 6.45) is 3.57. The Labute approximate surface area is 140 Å². The van der Waals surface area contributed by atoms with Crippen molar-refractivity contribution in [3.05, 3.63) is 54.0 Å². The average Bonchev–Trinajstić information content (AvgIpc) is 3.21. The maximum atomic E-state index is 12.9. The third-order valence-corrected chi connectivity index (χ3v) is 5.15. The lowest BCUT2D eigenvalue weighted by Gasteiger charge is -2.39. The molecule has 1 aromatic heterocycles. The largest absolute Gasteiger partial charge is 0.469 e.